The highest BCUT2D eigenvalue weighted by atomic mass is 19.4. The van der Waals surface area contributed by atoms with Crippen molar-refractivity contribution in [1.29, 1.82) is 0 Å². The van der Waals surface area contributed by atoms with Crippen LogP contribution >= 0.6 is 0 Å². The van der Waals surface area contributed by atoms with E-state index in [1.807, 2.05) is 4.90 Å². The van der Waals surface area contributed by atoms with Gasteiger partial charge in [-0.3, -0.25) is 34.0 Å². The van der Waals surface area contributed by atoms with Crippen LogP contribution in [0.2, 0.25) is 0 Å². The molecule has 1 atom stereocenters. The van der Waals surface area contributed by atoms with Gasteiger partial charge in [0.15, 0.2) is 11.2 Å². The number of ether oxygens (including phenoxy) is 4. The maximum absolute atomic E-state index is 13.7. The number of nitrogens with two attached hydrogens (primary N) is 1. The SMILES string of the molecule is C#CCN(CCO)CCOCCOCCOCCNC(=O)CC[C@H](NC(=O)c1ccc(N(Cc2cnc3nc(N)[nH]c(=O)c3n2)C(=O)C(F)(F)F)cc1)C(=O)OC(C)(C)C. The van der Waals surface area contributed by atoms with Crippen molar-refractivity contribution < 1.29 is 56.4 Å². The number of nitrogens with zero attached hydrogens (tertiary/aromatic N) is 5. The van der Waals surface area contributed by atoms with Crippen molar-refractivity contribution in [3.8, 4) is 12.3 Å². The Bertz CT molecular complexity index is 1990. The lowest BCUT2D eigenvalue weighted by Crippen LogP contribution is -2.45. The number of carbonyl (C=O) groups is 4. The second kappa shape index (κ2) is 23.8. The number of aliphatic hydroxyl groups is 1. The highest BCUT2D eigenvalue weighted by molar-refractivity contribution is 5.99. The fourth-order valence-corrected chi connectivity index (χ4v) is 5.20. The van der Waals surface area contributed by atoms with Crippen LogP contribution in [0.1, 0.15) is 49.7 Å². The molecule has 60 heavy (non-hydrogen) atoms. The van der Waals surface area contributed by atoms with E-state index in [0.29, 0.717) is 51.0 Å². The third kappa shape index (κ3) is 16.9. The fraction of sp³-hybridized carbons (Fsp3) is 0.526. The zero-order valence-electron chi connectivity index (χ0n) is 33.5. The van der Waals surface area contributed by atoms with E-state index >= 15 is 0 Å². The van der Waals surface area contributed by atoms with Crippen LogP contribution in [0.5, 0.6) is 0 Å². The molecule has 6 N–H and O–H groups in total. The Morgan fingerprint density at radius 2 is 1.63 bits per heavy atom. The fourth-order valence-electron chi connectivity index (χ4n) is 5.20. The molecule has 0 saturated heterocycles. The summed E-state index contributed by atoms with van der Waals surface area (Å²) in [6, 6.07) is 3.16. The number of aromatic nitrogens is 4. The van der Waals surface area contributed by atoms with Crippen molar-refractivity contribution in [3.05, 3.63) is 52.1 Å². The van der Waals surface area contributed by atoms with E-state index in [4.69, 9.17) is 36.2 Å². The van der Waals surface area contributed by atoms with Crippen molar-refractivity contribution >= 4 is 46.5 Å². The van der Waals surface area contributed by atoms with Crippen LogP contribution in [0.4, 0.5) is 24.8 Å². The van der Waals surface area contributed by atoms with Gasteiger partial charge in [-0.05, 0) is 51.5 Å². The zero-order valence-corrected chi connectivity index (χ0v) is 33.5. The number of aliphatic hydroxyl groups excluding tert-OH is 1. The van der Waals surface area contributed by atoms with E-state index in [9.17, 15) is 37.1 Å². The molecular formula is C38H50F3N9O10. The van der Waals surface area contributed by atoms with Crippen LogP contribution in [0.25, 0.3) is 11.2 Å². The molecule has 0 bridgehead atoms. The van der Waals surface area contributed by atoms with Gasteiger partial charge >= 0.3 is 18.1 Å². The van der Waals surface area contributed by atoms with Gasteiger partial charge in [0.05, 0.1) is 71.2 Å². The first-order valence-electron chi connectivity index (χ1n) is 18.7. The first-order valence-corrected chi connectivity index (χ1v) is 18.7. The van der Waals surface area contributed by atoms with E-state index in [2.05, 4.69) is 36.5 Å². The van der Waals surface area contributed by atoms with E-state index in [1.54, 1.807) is 20.8 Å². The molecule has 328 valence electrons. The molecular weight excluding hydrogens is 799 g/mol. The van der Waals surface area contributed by atoms with E-state index < -0.39 is 53.6 Å². The minimum atomic E-state index is -5.31. The molecule has 22 heteroatoms. The number of benzene rings is 1. The lowest BCUT2D eigenvalue weighted by Gasteiger charge is -2.25. The van der Waals surface area contributed by atoms with E-state index in [1.165, 1.54) is 0 Å². The number of alkyl halides is 3. The lowest BCUT2D eigenvalue weighted by atomic mass is 10.1. The molecule has 0 fully saturated rings. The molecule has 0 saturated carbocycles. The van der Waals surface area contributed by atoms with Gasteiger partial charge in [-0.2, -0.15) is 18.2 Å². The number of rotatable bonds is 24. The quantitative estimate of drug-likeness (QED) is 0.0473. The van der Waals surface area contributed by atoms with E-state index in [-0.39, 0.29) is 73.3 Å². The van der Waals surface area contributed by atoms with Gasteiger partial charge in [-0.1, -0.05) is 5.92 Å². The number of amides is 3. The number of anilines is 2. The molecule has 0 radical (unpaired) electrons. The Hall–Kier alpha value is -5.73. The number of terminal acetylenes is 1. The highest BCUT2D eigenvalue weighted by Crippen LogP contribution is 2.26. The van der Waals surface area contributed by atoms with Crippen LogP contribution in [0.15, 0.2) is 35.3 Å². The minimum absolute atomic E-state index is 0.00821. The second-order valence-corrected chi connectivity index (χ2v) is 13.9. The Morgan fingerprint density at radius 3 is 2.25 bits per heavy atom. The van der Waals surface area contributed by atoms with Crippen LogP contribution in [0.3, 0.4) is 0 Å². The molecule has 3 rings (SSSR count). The standard InChI is InChI=1S/C38H50F3N9O10/c1-5-13-49(14-16-51)15-18-58-20-22-59-21-19-57-17-12-43-29(52)11-10-28(34(55)60-37(2,3)4)46-32(53)25-6-8-27(9-7-25)50(35(56)38(39,40)41)24-26-23-44-31-30(45-26)33(54)48-36(42)47-31/h1,6-9,23,28,51H,10-22,24H2,2-4H3,(H,43,52)(H,46,53)(H3,42,44,47,48,54)/t28-/m0/s1. The summed E-state index contributed by atoms with van der Waals surface area (Å²) in [5.74, 6) is -2.05. The Kier molecular flexibility index (Phi) is 19.3. The molecule has 0 unspecified atom stereocenters. The van der Waals surface area contributed by atoms with Crippen molar-refractivity contribution in [3.63, 3.8) is 0 Å². The Morgan fingerprint density at radius 1 is 0.983 bits per heavy atom. The molecule has 3 aromatic rings. The van der Waals surface area contributed by atoms with Gasteiger partial charge in [0, 0.05) is 37.3 Å². The topological polar surface area (TPSA) is 254 Å². The summed E-state index contributed by atoms with van der Waals surface area (Å²) >= 11 is 0. The van der Waals surface area contributed by atoms with Crippen molar-refractivity contribution in [2.75, 3.05) is 83.1 Å². The number of aromatic amines is 1. The van der Waals surface area contributed by atoms with E-state index in [0.717, 1.165) is 30.5 Å². The Balaban J connectivity index is 1.52. The average Bonchev–Trinajstić information content (AvgIpc) is 3.17. The largest absolute Gasteiger partial charge is 0.471 e. The number of hydrogen-bond acceptors (Lipinski definition) is 15. The molecule has 0 spiro atoms. The maximum Gasteiger partial charge on any atom is 0.471 e. The summed E-state index contributed by atoms with van der Waals surface area (Å²) in [6.07, 6.45) is 0.686. The molecule has 0 aliphatic carbocycles. The summed E-state index contributed by atoms with van der Waals surface area (Å²) in [7, 11) is 0. The number of hydrogen-bond donors (Lipinski definition) is 5. The predicted molar refractivity (Wildman–Crippen MR) is 210 cm³/mol. The number of esters is 1. The molecule has 2 heterocycles. The molecule has 0 aliphatic rings. The number of halogens is 3. The second-order valence-electron chi connectivity index (χ2n) is 13.9. The normalized spacial score (nSPS) is 12.2. The molecule has 3 amide bonds. The molecule has 2 aromatic heterocycles. The van der Waals surface area contributed by atoms with Gasteiger partial charge in [0.25, 0.3) is 11.5 Å². The Labute approximate surface area is 343 Å². The van der Waals surface area contributed by atoms with Crippen molar-refractivity contribution in [1.82, 2.24) is 35.5 Å². The number of H-pyrrole nitrogens is 1. The lowest BCUT2D eigenvalue weighted by molar-refractivity contribution is -0.170. The van der Waals surface area contributed by atoms with Crippen molar-refractivity contribution in [2.24, 2.45) is 0 Å². The summed E-state index contributed by atoms with van der Waals surface area (Å²) in [5.41, 5.74) is 2.74. The third-order valence-electron chi connectivity index (χ3n) is 7.99. The minimum Gasteiger partial charge on any atom is -0.458 e. The predicted octanol–water partition coefficient (Wildman–Crippen LogP) is 0.705. The maximum atomic E-state index is 13.7. The van der Waals surface area contributed by atoms with Gasteiger partial charge in [-0.25, -0.2) is 14.8 Å². The summed E-state index contributed by atoms with van der Waals surface area (Å²) in [6.45, 7) is 7.63. The van der Waals surface area contributed by atoms with Gasteiger partial charge in [0.1, 0.15) is 11.6 Å². The van der Waals surface area contributed by atoms with Gasteiger partial charge in [-0.15, -0.1) is 6.42 Å². The number of carbonyl (C=O) groups excluding carboxylic acids is 4. The van der Waals surface area contributed by atoms with Crippen LogP contribution in [0, 0.1) is 12.3 Å². The summed E-state index contributed by atoms with van der Waals surface area (Å²) in [4.78, 5) is 79.9. The van der Waals surface area contributed by atoms with Crippen LogP contribution in [-0.4, -0.2) is 144 Å². The smallest absolute Gasteiger partial charge is 0.458 e. The number of nitrogens with one attached hydrogen (secondary N) is 3. The number of fused-ring (bicyclic) bond motifs is 1. The van der Waals surface area contributed by atoms with Crippen molar-refractivity contribution in [2.45, 2.75) is 58.0 Å². The average molecular weight is 850 g/mol. The number of nitrogen functional groups attached to an aromatic ring is 1. The highest BCUT2D eigenvalue weighted by Gasteiger charge is 2.43. The monoisotopic (exact) mass is 849 g/mol. The first kappa shape index (κ1) is 48.6. The van der Waals surface area contributed by atoms with Gasteiger partial charge in [0.2, 0.25) is 11.9 Å². The molecule has 19 nitrogen and oxygen atoms in total. The van der Waals surface area contributed by atoms with Crippen LogP contribution in [-0.2, 0) is 39.9 Å². The third-order valence-corrected chi connectivity index (χ3v) is 7.99. The van der Waals surface area contributed by atoms with Crippen LogP contribution < -0.4 is 26.8 Å². The first-order chi connectivity index (χ1) is 28.4. The van der Waals surface area contributed by atoms with Gasteiger partial charge < -0.3 is 40.4 Å². The molecule has 1 aromatic carbocycles. The summed E-state index contributed by atoms with van der Waals surface area (Å²) in [5, 5.41) is 14.2. The zero-order chi connectivity index (χ0) is 44.3. The molecule has 0 aliphatic heterocycles. The summed E-state index contributed by atoms with van der Waals surface area (Å²) < 4.78 is 62.9.